The van der Waals surface area contributed by atoms with Crippen LogP contribution < -0.4 is 21.2 Å². The number of hydrazine groups is 2. The zero-order valence-electron chi connectivity index (χ0n) is 19.5. The van der Waals surface area contributed by atoms with Crippen molar-refractivity contribution in [2.45, 2.75) is 18.5 Å². The summed E-state index contributed by atoms with van der Waals surface area (Å²) in [5, 5.41) is 16.9. The molecular weight excluding hydrogens is 633 g/mol. The highest BCUT2D eigenvalue weighted by Crippen LogP contribution is 2.21. The Morgan fingerprint density at radius 2 is 1.07 bits per heavy atom. The first-order valence-electron chi connectivity index (χ1n) is 9.71. The fourth-order valence-corrected chi connectivity index (χ4v) is 1.94. The van der Waals surface area contributed by atoms with Crippen LogP contribution in [0.4, 0.5) is 59.7 Å². The number of benzene rings is 2. The lowest BCUT2D eigenvalue weighted by Crippen LogP contribution is -2.40. The number of alkyl halides is 9. The highest BCUT2D eigenvalue weighted by atomic mass is 35.5. The predicted octanol–water partition coefficient (Wildman–Crippen LogP) is 4.65. The monoisotopic (exact) mass is 642 g/mol. The lowest BCUT2D eigenvalue weighted by Gasteiger charge is -2.10. The van der Waals surface area contributed by atoms with Crippen LogP contribution in [0.15, 0.2) is 36.4 Å². The van der Waals surface area contributed by atoms with Crippen LogP contribution in [-0.2, 0) is 19.1 Å². The van der Waals surface area contributed by atoms with Crippen molar-refractivity contribution < 1.29 is 67.4 Å². The number of ether oxygens (including phenoxy) is 1. The Hall–Kier alpha value is -4.89. The number of nitrogens with one attached hydrogen (secondary N) is 4. The average molecular weight is 643 g/mol. The molecule has 22 heteroatoms. The molecule has 0 saturated carbocycles. The minimum atomic E-state index is -5.62. The number of anilines is 2. The van der Waals surface area contributed by atoms with Crippen molar-refractivity contribution in [3.05, 3.63) is 59.2 Å². The molecule has 2 rings (SSSR count). The summed E-state index contributed by atoms with van der Waals surface area (Å²) in [4.78, 5) is 31.9. The first-order chi connectivity index (χ1) is 19.2. The van der Waals surface area contributed by atoms with Gasteiger partial charge in [0.25, 0.3) is 0 Å². The highest BCUT2D eigenvalue weighted by molar-refractivity contribution is 6.13. The molecule has 0 aromatic heterocycles. The third kappa shape index (κ3) is 13.5. The van der Waals surface area contributed by atoms with E-state index in [0.29, 0.717) is 5.69 Å². The minimum Gasteiger partial charge on any atom is -0.380 e. The molecule has 228 valence electrons. The summed E-state index contributed by atoms with van der Waals surface area (Å²) in [7, 11) is 0. The van der Waals surface area contributed by atoms with E-state index in [1.165, 1.54) is 29.7 Å². The van der Waals surface area contributed by atoms with Gasteiger partial charge in [0.05, 0.1) is 22.5 Å². The first kappa shape index (κ1) is 37.1. The molecule has 0 aliphatic heterocycles. The number of hydrogen-bond acceptors (Lipinski definition) is 9. The Labute approximate surface area is 230 Å². The maximum Gasteiger partial charge on any atom is 0.491 e. The SMILES string of the molecule is N#Cc1cc(NNC(=O)C(F)(F)F)ccc1F.N#Cc1cc(NNCl)ccc1F.O=C(OC(=O)C(F)(F)F)C(F)(F)F. The Morgan fingerprint density at radius 1 is 0.690 bits per heavy atom. The first-order valence-corrected chi connectivity index (χ1v) is 10.1. The summed E-state index contributed by atoms with van der Waals surface area (Å²) in [5.41, 5.74) is 5.90. The van der Waals surface area contributed by atoms with E-state index in [1.54, 1.807) is 6.07 Å². The van der Waals surface area contributed by atoms with E-state index in [-0.39, 0.29) is 16.8 Å². The molecule has 0 heterocycles. The molecular formula is C20H10ClF11N6O4. The van der Waals surface area contributed by atoms with Gasteiger partial charge in [0.1, 0.15) is 23.8 Å². The van der Waals surface area contributed by atoms with Gasteiger partial charge in [0.2, 0.25) is 0 Å². The second-order valence-corrected chi connectivity index (χ2v) is 6.77. The number of esters is 2. The Morgan fingerprint density at radius 3 is 1.38 bits per heavy atom. The van der Waals surface area contributed by atoms with Gasteiger partial charge in [0.15, 0.2) is 0 Å². The quantitative estimate of drug-likeness (QED) is 0.123. The van der Waals surface area contributed by atoms with E-state index < -0.39 is 48.0 Å². The number of hydrogen-bond donors (Lipinski definition) is 4. The molecule has 1 amide bonds. The molecule has 10 nitrogen and oxygen atoms in total. The van der Waals surface area contributed by atoms with Gasteiger partial charge < -0.3 is 10.2 Å². The lowest BCUT2D eigenvalue weighted by molar-refractivity contribution is -0.221. The molecule has 0 saturated heterocycles. The Bertz CT molecular complexity index is 1330. The molecule has 2 aromatic rings. The second-order valence-electron chi connectivity index (χ2n) is 6.58. The maximum absolute atomic E-state index is 12.8. The molecule has 0 fully saturated rings. The van der Waals surface area contributed by atoms with Crippen LogP contribution in [-0.4, -0.2) is 36.4 Å². The van der Waals surface area contributed by atoms with E-state index in [4.69, 9.17) is 22.3 Å². The van der Waals surface area contributed by atoms with Crippen LogP contribution in [0.2, 0.25) is 0 Å². The van der Waals surface area contributed by atoms with Gasteiger partial charge in [-0.3, -0.25) is 15.6 Å². The number of halogens is 12. The number of amides is 1. The molecule has 0 aliphatic rings. The second kappa shape index (κ2) is 15.8. The van der Waals surface area contributed by atoms with Crippen molar-refractivity contribution in [1.82, 2.24) is 10.4 Å². The van der Waals surface area contributed by atoms with Gasteiger partial charge in [-0.25, -0.2) is 18.4 Å². The summed E-state index contributed by atoms with van der Waals surface area (Å²) < 4.78 is 131. The van der Waals surface area contributed by atoms with Crippen molar-refractivity contribution in [2.24, 2.45) is 0 Å². The molecule has 42 heavy (non-hydrogen) atoms. The van der Waals surface area contributed by atoms with E-state index in [1.807, 2.05) is 5.43 Å². The van der Waals surface area contributed by atoms with E-state index in [2.05, 4.69) is 15.1 Å². The number of nitriles is 2. The van der Waals surface area contributed by atoms with Gasteiger partial charge in [-0.2, -0.15) is 50.0 Å². The molecule has 2 aromatic carbocycles. The summed E-state index contributed by atoms with van der Waals surface area (Å²) in [5.74, 6) is -9.94. The fraction of sp³-hybridized carbons (Fsp3) is 0.150. The summed E-state index contributed by atoms with van der Waals surface area (Å²) >= 11 is 5.13. The third-order valence-corrected chi connectivity index (χ3v) is 3.69. The van der Waals surface area contributed by atoms with E-state index in [9.17, 15) is 62.7 Å². The van der Waals surface area contributed by atoms with Gasteiger partial charge in [0, 0.05) is 0 Å². The van der Waals surface area contributed by atoms with Crippen LogP contribution in [0.3, 0.4) is 0 Å². The Kier molecular flexibility index (Phi) is 13.9. The van der Waals surface area contributed by atoms with E-state index >= 15 is 0 Å². The molecule has 0 unspecified atom stereocenters. The molecule has 0 radical (unpaired) electrons. The van der Waals surface area contributed by atoms with Crippen LogP contribution in [0.5, 0.6) is 0 Å². The largest absolute Gasteiger partial charge is 0.491 e. The normalized spacial score (nSPS) is 10.7. The number of carbonyl (C=O) groups is 3. The fourth-order valence-electron chi connectivity index (χ4n) is 1.83. The number of carbonyl (C=O) groups excluding carboxylic acids is 3. The van der Waals surface area contributed by atoms with Crippen molar-refractivity contribution in [1.29, 1.82) is 10.5 Å². The van der Waals surface area contributed by atoms with Crippen molar-refractivity contribution in [3.63, 3.8) is 0 Å². The zero-order chi connectivity index (χ0) is 32.9. The van der Waals surface area contributed by atoms with Gasteiger partial charge in [-0.1, -0.05) is 0 Å². The summed E-state index contributed by atoms with van der Waals surface area (Å²) in [6.45, 7) is 0. The lowest BCUT2D eigenvalue weighted by atomic mass is 10.2. The van der Waals surface area contributed by atoms with Crippen LogP contribution in [0, 0.1) is 34.3 Å². The summed E-state index contributed by atoms with van der Waals surface area (Å²) in [6, 6.07) is 10.1. The van der Waals surface area contributed by atoms with Crippen molar-refractivity contribution in [2.75, 3.05) is 10.9 Å². The third-order valence-electron chi connectivity index (χ3n) is 3.59. The molecule has 0 atom stereocenters. The molecule has 0 spiro atoms. The van der Waals surface area contributed by atoms with Gasteiger partial charge >= 0.3 is 36.4 Å². The van der Waals surface area contributed by atoms with E-state index in [0.717, 1.165) is 18.2 Å². The standard InChI is InChI=1S/C9H5F4N3O.C7H5ClFN3.C4F6O3/c10-7-2-1-6(3-5(7)4-14)15-16-8(17)9(11,12)13;8-12-11-6-1-2-7(9)5(3-6)4-10;5-3(6,7)1(11)13-2(12)4(8,9)10/h1-3,15H,(H,16,17);1-3,11-12H;. The van der Waals surface area contributed by atoms with Gasteiger partial charge in [-0.05, 0) is 48.2 Å². The van der Waals surface area contributed by atoms with Crippen LogP contribution in [0.25, 0.3) is 0 Å². The van der Waals surface area contributed by atoms with Crippen molar-refractivity contribution >= 4 is 41.0 Å². The van der Waals surface area contributed by atoms with Gasteiger partial charge in [-0.15, -0.1) is 4.94 Å². The predicted molar refractivity (Wildman–Crippen MR) is 116 cm³/mol. The average Bonchev–Trinajstić information content (AvgIpc) is 2.88. The highest BCUT2D eigenvalue weighted by Gasteiger charge is 2.49. The minimum absolute atomic E-state index is 0.0214. The summed E-state index contributed by atoms with van der Waals surface area (Å²) in [6.07, 6.45) is -16.3. The maximum atomic E-state index is 12.8. The topological polar surface area (TPSA) is 156 Å². The number of rotatable bonds is 4. The Balaban J connectivity index is 0.000000612. The molecule has 0 aliphatic carbocycles. The smallest absolute Gasteiger partial charge is 0.380 e. The van der Waals surface area contributed by atoms with Crippen LogP contribution in [0.1, 0.15) is 11.1 Å². The van der Waals surface area contributed by atoms with Crippen molar-refractivity contribution in [3.8, 4) is 12.1 Å². The zero-order valence-corrected chi connectivity index (χ0v) is 20.3. The number of nitrogens with zero attached hydrogens (tertiary/aromatic N) is 2. The van der Waals surface area contributed by atoms with Crippen LogP contribution >= 0.6 is 11.8 Å². The molecule has 0 bridgehead atoms. The molecule has 4 N–H and O–H groups in total.